The summed E-state index contributed by atoms with van der Waals surface area (Å²) in [6.07, 6.45) is 8.86. The Labute approximate surface area is 121 Å². The molecule has 112 valence electrons. The van der Waals surface area contributed by atoms with Crippen molar-refractivity contribution >= 4 is 0 Å². The minimum absolute atomic E-state index is 0.142. The van der Waals surface area contributed by atoms with Gasteiger partial charge in [-0.25, -0.2) is 0 Å². The molecule has 0 saturated carbocycles. The topological polar surface area (TPSA) is 50.1 Å². The van der Waals surface area contributed by atoms with E-state index < -0.39 is 0 Å². The molecule has 20 heavy (non-hydrogen) atoms. The summed E-state index contributed by atoms with van der Waals surface area (Å²) in [5, 5.41) is 17.0. The van der Waals surface area contributed by atoms with Crippen LogP contribution in [-0.4, -0.2) is 28.0 Å². The molecule has 4 nitrogen and oxygen atoms in total. The quantitative estimate of drug-likeness (QED) is 0.594. The molecule has 1 aromatic heterocycles. The van der Waals surface area contributed by atoms with Crippen molar-refractivity contribution in [3.05, 3.63) is 28.6 Å². The fourth-order valence-electron chi connectivity index (χ4n) is 2.90. The van der Waals surface area contributed by atoms with Gasteiger partial charge >= 0.3 is 0 Å². The van der Waals surface area contributed by atoms with Crippen LogP contribution in [0.5, 0.6) is 0 Å². The largest absolute Gasteiger partial charge is 0.394 e. The minimum Gasteiger partial charge on any atom is -0.394 e. The predicted octanol–water partition coefficient (Wildman–Crippen LogP) is 2.47. The van der Waals surface area contributed by atoms with E-state index in [1.54, 1.807) is 5.57 Å². The molecule has 0 radical (unpaired) electrons. The average Bonchev–Trinajstić information content (AvgIpc) is 2.72. The first-order chi connectivity index (χ1) is 9.72. The summed E-state index contributed by atoms with van der Waals surface area (Å²) in [5.74, 6) is 0. The second kappa shape index (κ2) is 7.60. The van der Waals surface area contributed by atoms with Gasteiger partial charge in [-0.15, -0.1) is 0 Å². The monoisotopic (exact) mass is 277 g/mol. The minimum atomic E-state index is 0.142. The Bertz CT molecular complexity index is 463. The number of aromatic nitrogens is 2. The zero-order valence-corrected chi connectivity index (χ0v) is 12.8. The molecular formula is C16H27N3O. The Hall–Kier alpha value is -1.13. The second-order valence-corrected chi connectivity index (χ2v) is 5.63. The molecule has 0 unspecified atom stereocenters. The first-order valence-corrected chi connectivity index (χ1v) is 7.74. The van der Waals surface area contributed by atoms with Gasteiger partial charge in [0.2, 0.25) is 0 Å². The zero-order chi connectivity index (χ0) is 14.4. The number of allylic oxidation sites excluding steroid dienone is 1. The molecule has 1 aliphatic rings. The highest BCUT2D eigenvalue weighted by Gasteiger charge is 2.10. The zero-order valence-electron chi connectivity index (χ0n) is 12.8. The number of hydrogen-bond acceptors (Lipinski definition) is 3. The summed E-state index contributed by atoms with van der Waals surface area (Å²) in [6.45, 7) is 6.76. The molecule has 0 bridgehead atoms. The van der Waals surface area contributed by atoms with E-state index in [2.05, 4.69) is 23.4 Å². The molecule has 1 aliphatic carbocycles. The van der Waals surface area contributed by atoms with Crippen molar-refractivity contribution < 1.29 is 5.11 Å². The average molecular weight is 277 g/mol. The van der Waals surface area contributed by atoms with Crippen LogP contribution in [0.15, 0.2) is 11.6 Å². The summed E-state index contributed by atoms with van der Waals surface area (Å²) >= 11 is 0. The van der Waals surface area contributed by atoms with E-state index in [4.69, 9.17) is 5.11 Å². The smallest absolute Gasteiger partial charge is 0.0644 e. The molecule has 4 heteroatoms. The lowest BCUT2D eigenvalue weighted by atomic mass is 9.97. The van der Waals surface area contributed by atoms with Gasteiger partial charge in [0.1, 0.15) is 0 Å². The fourth-order valence-corrected chi connectivity index (χ4v) is 2.90. The summed E-state index contributed by atoms with van der Waals surface area (Å²) in [5.41, 5.74) is 5.13. The van der Waals surface area contributed by atoms with Gasteiger partial charge in [0.25, 0.3) is 0 Å². The number of aryl methyl sites for hydroxylation is 1. The molecule has 0 aromatic carbocycles. The molecule has 2 rings (SSSR count). The number of aliphatic hydroxyl groups excluding tert-OH is 1. The maximum atomic E-state index is 9.02. The summed E-state index contributed by atoms with van der Waals surface area (Å²) in [6, 6.07) is 0. The van der Waals surface area contributed by atoms with Crippen LogP contribution in [0.1, 0.15) is 49.1 Å². The van der Waals surface area contributed by atoms with Crippen LogP contribution in [-0.2, 0) is 13.1 Å². The van der Waals surface area contributed by atoms with E-state index in [-0.39, 0.29) is 6.61 Å². The SMILES string of the molecule is Cc1nn(CCO)c(C)c1CNCCC1=CCCCC1. The van der Waals surface area contributed by atoms with E-state index in [1.165, 1.54) is 43.4 Å². The maximum Gasteiger partial charge on any atom is 0.0644 e. The number of nitrogens with one attached hydrogen (secondary N) is 1. The first kappa shape index (κ1) is 15.3. The van der Waals surface area contributed by atoms with Crippen molar-refractivity contribution in [2.45, 2.75) is 59.0 Å². The number of aliphatic hydroxyl groups is 1. The standard InChI is InChI=1S/C16H27N3O/c1-13-16(14(2)19(18-13)10-11-20)12-17-9-8-15-6-4-3-5-7-15/h6,17,20H,3-5,7-12H2,1-2H3. The van der Waals surface area contributed by atoms with Crippen LogP contribution in [0, 0.1) is 13.8 Å². The summed E-state index contributed by atoms with van der Waals surface area (Å²) in [7, 11) is 0. The van der Waals surface area contributed by atoms with Crippen LogP contribution < -0.4 is 5.32 Å². The van der Waals surface area contributed by atoms with Crippen molar-refractivity contribution in [3.63, 3.8) is 0 Å². The van der Waals surface area contributed by atoms with Crippen LogP contribution in [0.3, 0.4) is 0 Å². The van der Waals surface area contributed by atoms with Gasteiger partial charge in [0.15, 0.2) is 0 Å². The lowest BCUT2D eigenvalue weighted by Crippen LogP contribution is -2.17. The Morgan fingerprint density at radius 3 is 2.90 bits per heavy atom. The van der Waals surface area contributed by atoms with Gasteiger partial charge in [0.05, 0.1) is 18.8 Å². The molecule has 0 aliphatic heterocycles. The summed E-state index contributed by atoms with van der Waals surface area (Å²) in [4.78, 5) is 0. The molecule has 2 N–H and O–H groups in total. The molecule has 0 spiro atoms. The third-order valence-corrected chi connectivity index (χ3v) is 4.15. The number of hydrogen-bond donors (Lipinski definition) is 2. The second-order valence-electron chi connectivity index (χ2n) is 5.63. The van der Waals surface area contributed by atoms with Crippen molar-refractivity contribution in [2.24, 2.45) is 0 Å². The molecule has 1 heterocycles. The lowest BCUT2D eigenvalue weighted by molar-refractivity contribution is 0.267. The van der Waals surface area contributed by atoms with E-state index in [0.717, 1.165) is 18.8 Å². The van der Waals surface area contributed by atoms with Crippen molar-refractivity contribution in [1.29, 1.82) is 0 Å². The molecule has 0 fully saturated rings. The Morgan fingerprint density at radius 2 is 2.20 bits per heavy atom. The van der Waals surface area contributed by atoms with Gasteiger partial charge in [-0.3, -0.25) is 4.68 Å². The van der Waals surface area contributed by atoms with Gasteiger partial charge in [-0.1, -0.05) is 11.6 Å². The van der Waals surface area contributed by atoms with Crippen molar-refractivity contribution in [3.8, 4) is 0 Å². The van der Waals surface area contributed by atoms with E-state index >= 15 is 0 Å². The van der Waals surface area contributed by atoms with Crippen molar-refractivity contribution in [2.75, 3.05) is 13.2 Å². The van der Waals surface area contributed by atoms with E-state index in [0.29, 0.717) is 6.54 Å². The van der Waals surface area contributed by atoms with E-state index in [9.17, 15) is 0 Å². The number of rotatable bonds is 7. The third kappa shape index (κ3) is 3.93. The first-order valence-electron chi connectivity index (χ1n) is 7.74. The Morgan fingerprint density at radius 1 is 1.35 bits per heavy atom. The normalized spacial score (nSPS) is 15.4. The molecule has 0 atom stereocenters. The molecule has 1 aromatic rings. The molecule has 0 amide bonds. The van der Waals surface area contributed by atoms with Gasteiger partial charge in [-0.2, -0.15) is 5.10 Å². The lowest BCUT2D eigenvalue weighted by Gasteiger charge is -2.13. The highest BCUT2D eigenvalue weighted by Crippen LogP contribution is 2.19. The van der Waals surface area contributed by atoms with Gasteiger partial charge in [-0.05, 0) is 52.5 Å². The highest BCUT2D eigenvalue weighted by molar-refractivity contribution is 5.24. The highest BCUT2D eigenvalue weighted by atomic mass is 16.3. The van der Waals surface area contributed by atoms with Gasteiger partial charge in [0, 0.05) is 17.8 Å². The fraction of sp³-hybridized carbons (Fsp3) is 0.688. The Balaban J connectivity index is 1.80. The molecular weight excluding hydrogens is 250 g/mol. The van der Waals surface area contributed by atoms with Crippen molar-refractivity contribution in [1.82, 2.24) is 15.1 Å². The molecule has 0 saturated heterocycles. The number of nitrogens with zero attached hydrogens (tertiary/aromatic N) is 2. The maximum absolute atomic E-state index is 9.02. The van der Waals surface area contributed by atoms with Gasteiger partial charge < -0.3 is 10.4 Å². The Kier molecular flexibility index (Phi) is 5.80. The van der Waals surface area contributed by atoms with Crippen LogP contribution >= 0.6 is 0 Å². The van der Waals surface area contributed by atoms with E-state index in [1.807, 2.05) is 11.6 Å². The summed E-state index contributed by atoms with van der Waals surface area (Å²) < 4.78 is 1.90. The third-order valence-electron chi connectivity index (χ3n) is 4.15. The predicted molar refractivity (Wildman–Crippen MR) is 81.7 cm³/mol. The van der Waals surface area contributed by atoms with Crippen LogP contribution in [0.25, 0.3) is 0 Å². The van der Waals surface area contributed by atoms with Crippen LogP contribution in [0.4, 0.5) is 0 Å². The van der Waals surface area contributed by atoms with Crippen LogP contribution in [0.2, 0.25) is 0 Å².